The van der Waals surface area contributed by atoms with E-state index >= 15 is 0 Å². The maximum Gasteiger partial charge on any atom is 0.253 e. The lowest BCUT2D eigenvalue weighted by Crippen LogP contribution is -2.26. The van der Waals surface area contributed by atoms with Gasteiger partial charge >= 0.3 is 0 Å². The molecule has 0 saturated carbocycles. The number of rotatable bonds is 4. The molecule has 0 fully saturated rings. The van der Waals surface area contributed by atoms with Gasteiger partial charge in [0.15, 0.2) is 0 Å². The molecule has 0 bridgehead atoms. The topological polar surface area (TPSA) is 76.3 Å². The highest BCUT2D eigenvalue weighted by molar-refractivity contribution is 7.09. The summed E-state index contributed by atoms with van der Waals surface area (Å²) in [5.74, 6) is -0.709. The number of amides is 2. The van der Waals surface area contributed by atoms with Gasteiger partial charge in [-0.25, -0.2) is 4.98 Å². The van der Waals surface area contributed by atoms with Gasteiger partial charge in [0.05, 0.1) is 6.54 Å². The van der Waals surface area contributed by atoms with Gasteiger partial charge in [0.25, 0.3) is 5.91 Å². The molecule has 104 valence electrons. The summed E-state index contributed by atoms with van der Waals surface area (Å²) in [6.07, 6.45) is 0. The molecule has 2 rings (SSSR count). The van der Waals surface area contributed by atoms with E-state index in [2.05, 4.69) is 4.98 Å². The van der Waals surface area contributed by atoms with Gasteiger partial charge in [0, 0.05) is 29.2 Å². The van der Waals surface area contributed by atoms with E-state index in [4.69, 9.17) is 5.73 Å². The van der Waals surface area contributed by atoms with Crippen molar-refractivity contribution in [1.82, 2.24) is 9.88 Å². The molecule has 1 heterocycles. The van der Waals surface area contributed by atoms with Crippen molar-refractivity contribution in [3.05, 3.63) is 51.5 Å². The fraction of sp³-hybridized carbons (Fsp3) is 0.214. The van der Waals surface area contributed by atoms with Gasteiger partial charge < -0.3 is 10.6 Å². The number of primary amides is 1. The van der Waals surface area contributed by atoms with Crippen LogP contribution in [0.3, 0.4) is 0 Å². The molecule has 0 aliphatic rings. The molecule has 1 aromatic carbocycles. The maximum atomic E-state index is 12.3. The standard InChI is InChI=1S/C14H15N3O2S/c1-9-8-20-12(16-9)7-17(2)14(19)11-5-3-4-10(6-11)13(15)18/h3-6,8H,7H2,1-2H3,(H2,15,18). The first kappa shape index (κ1) is 14.2. The predicted octanol–water partition coefficient (Wildman–Crippen LogP) is 1.82. The number of nitrogens with zero attached hydrogens (tertiary/aromatic N) is 2. The zero-order valence-corrected chi connectivity index (χ0v) is 12.1. The summed E-state index contributed by atoms with van der Waals surface area (Å²) in [5.41, 5.74) is 6.93. The molecule has 6 heteroatoms. The Morgan fingerprint density at radius 1 is 1.35 bits per heavy atom. The first-order valence-electron chi connectivity index (χ1n) is 6.03. The van der Waals surface area contributed by atoms with Crippen molar-refractivity contribution in [2.75, 3.05) is 7.05 Å². The lowest BCUT2D eigenvalue weighted by molar-refractivity contribution is 0.0785. The summed E-state index contributed by atoms with van der Waals surface area (Å²) in [6, 6.07) is 6.41. The van der Waals surface area contributed by atoms with Crippen LogP contribution in [0.4, 0.5) is 0 Å². The van der Waals surface area contributed by atoms with Crippen LogP contribution < -0.4 is 5.73 Å². The van der Waals surface area contributed by atoms with Gasteiger partial charge in [-0.1, -0.05) is 6.07 Å². The van der Waals surface area contributed by atoms with E-state index in [-0.39, 0.29) is 5.91 Å². The van der Waals surface area contributed by atoms with Crippen LogP contribution in [-0.2, 0) is 6.54 Å². The van der Waals surface area contributed by atoms with Crippen LogP contribution in [0.1, 0.15) is 31.4 Å². The third-order valence-electron chi connectivity index (χ3n) is 2.78. The third-order valence-corrected chi connectivity index (χ3v) is 3.73. The van der Waals surface area contributed by atoms with Gasteiger partial charge in [-0.2, -0.15) is 0 Å². The highest BCUT2D eigenvalue weighted by atomic mass is 32.1. The Bertz CT molecular complexity index is 651. The highest BCUT2D eigenvalue weighted by Gasteiger charge is 2.14. The molecule has 2 aromatic rings. The SMILES string of the molecule is Cc1csc(CN(C)C(=O)c2cccc(C(N)=O)c2)n1. The minimum atomic E-state index is -0.544. The maximum absolute atomic E-state index is 12.3. The average molecular weight is 289 g/mol. The van der Waals surface area contributed by atoms with Gasteiger partial charge in [-0.15, -0.1) is 11.3 Å². The van der Waals surface area contributed by atoms with E-state index in [1.54, 1.807) is 30.1 Å². The van der Waals surface area contributed by atoms with E-state index in [1.165, 1.54) is 17.4 Å². The fourth-order valence-corrected chi connectivity index (χ4v) is 2.60. The van der Waals surface area contributed by atoms with Crippen molar-refractivity contribution in [3.8, 4) is 0 Å². The van der Waals surface area contributed by atoms with Crippen LogP contribution in [0.2, 0.25) is 0 Å². The number of aromatic nitrogens is 1. The third kappa shape index (κ3) is 3.21. The first-order valence-corrected chi connectivity index (χ1v) is 6.91. The summed E-state index contributed by atoms with van der Waals surface area (Å²) in [7, 11) is 1.70. The van der Waals surface area contributed by atoms with E-state index < -0.39 is 5.91 Å². The monoisotopic (exact) mass is 289 g/mol. The minimum Gasteiger partial charge on any atom is -0.366 e. The molecule has 2 N–H and O–H groups in total. The van der Waals surface area contributed by atoms with Crippen LogP contribution in [0.25, 0.3) is 0 Å². The number of aryl methyl sites for hydroxylation is 1. The van der Waals surface area contributed by atoms with Crippen molar-refractivity contribution >= 4 is 23.2 Å². The summed E-state index contributed by atoms with van der Waals surface area (Å²) in [6.45, 7) is 2.36. The van der Waals surface area contributed by atoms with Crippen molar-refractivity contribution in [2.45, 2.75) is 13.5 Å². The van der Waals surface area contributed by atoms with E-state index in [0.717, 1.165) is 10.7 Å². The molecule has 2 amide bonds. The van der Waals surface area contributed by atoms with Gasteiger partial charge in [0.2, 0.25) is 5.91 Å². The summed E-state index contributed by atoms with van der Waals surface area (Å²) in [4.78, 5) is 29.3. The van der Waals surface area contributed by atoms with Gasteiger partial charge in [-0.05, 0) is 25.1 Å². The predicted molar refractivity (Wildman–Crippen MR) is 77.6 cm³/mol. The molecule has 0 aliphatic carbocycles. The average Bonchev–Trinajstić information content (AvgIpc) is 2.83. The van der Waals surface area contributed by atoms with E-state index in [9.17, 15) is 9.59 Å². The second-order valence-electron chi connectivity index (χ2n) is 4.49. The molecule has 5 nitrogen and oxygen atoms in total. The minimum absolute atomic E-state index is 0.166. The Balaban J connectivity index is 2.14. The Hall–Kier alpha value is -2.21. The van der Waals surface area contributed by atoms with Crippen LogP contribution in [-0.4, -0.2) is 28.7 Å². The molecule has 0 atom stereocenters. The zero-order chi connectivity index (χ0) is 14.7. The molecule has 1 aromatic heterocycles. The van der Waals surface area contributed by atoms with Crippen molar-refractivity contribution in [1.29, 1.82) is 0 Å². The molecule has 0 unspecified atom stereocenters. The van der Waals surface area contributed by atoms with Crippen molar-refractivity contribution in [3.63, 3.8) is 0 Å². The van der Waals surface area contributed by atoms with E-state index in [0.29, 0.717) is 17.7 Å². The van der Waals surface area contributed by atoms with Gasteiger partial charge in [0.1, 0.15) is 5.01 Å². The zero-order valence-electron chi connectivity index (χ0n) is 11.3. The summed E-state index contributed by atoms with van der Waals surface area (Å²) in [5, 5.41) is 2.82. The number of hydrogen-bond donors (Lipinski definition) is 1. The van der Waals surface area contributed by atoms with Crippen LogP contribution >= 0.6 is 11.3 Å². The van der Waals surface area contributed by atoms with E-state index in [1.807, 2.05) is 12.3 Å². The molecule has 0 aliphatic heterocycles. The highest BCUT2D eigenvalue weighted by Crippen LogP contribution is 2.13. The molecule has 0 spiro atoms. The lowest BCUT2D eigenvalue weighted by Gasteiger charge is -2.16. The first-order chi connectivity index (χ1) is 9.47. The molecule has 0 saturated heterocycles. The second-order valence-corrected chi connectivity index (χ2v) is 5.43. The Kier molecular flexibility index (Phi) is 4.14. The quantitative estimate of drug-likeness (QED) is 0.932. The molecule has 20 heavy (non-hydrogen) atoms. The summed E-state index contributed by atoms with van der Waals surface area (Å²) >= 11 is 1.52. The van der Waals surface area contributed by atoms with Crippen molar-refractivity contribution < 1.29 is 9.59 Å². The number of carbonyl (C=O) groups excluding carboxylic acids is 2. The number of hydrogen-bond acceptors (Lipinski definition) is 4. The molecule has 0 radical (unpaired) electrons. The Labute approximate surface area is 121 Å². The lowest BCUT2D eigenvalue weighted by atomic mass is 10.1. The summed E-state index contributed by atoms with van der Waals surface area (Å²) < 4.78 is 0. The van der Waals surface area contributed by atoms with Crippen LogP contribution in [0.15, 0.2) is 29.6 Å². The Morgan fingerprint density at radius 3 is 2.65 bits per heavy atom. The number of carbonyl (C=O) groups is 2. The van der Waals surface area contributed by atoms with Crippen molar-refractivity contribution in [2.24, 2.45) is 5.73 Å². The number of thiazole rings is 1. The number of nitrogens with two attached hydrogens (primary N) is 1. The van der Waals surface area contributed by atoms with Crippen LogP contribution in [0.5, 0.6) is 0 Å². The molecular formula is C14H15N3O2S. The molecular weight excluding hydrogens is 274 g/mol. The van der Waals surface area contributed by atoms with Crippen LogP contribution in [0, 0.1) is 6.92 Å². The smallest absolute Gasteiger partial charge is 0.253 e. The normalized spacial score (nSPS) is 10.3. The number of benzene rings is 1. The van der Waals surface area contributed by atoms with Gasteiger partial charge in [-0.3, -0.25) is 9.59 Å². The second kappa shape index (κ2) is 5.83. The largest absolute Gasteiger partial charge is 0.366 e. The fourth-order valence-electron chi connectivity index (χ4n) is 1.78. The Morgan fingerprint density at radius 2 is 2.05 bits per heavy atom.